The molecule has 0 amide bonds. The van der Waals surface area contributed by atoms with Crippen molar-refractivity contribution in [3.05, 3.63) is 48.0 Å². The van der Waals surface area contributed by atoms with Crippen molar-refractivity contribution in [2.75, 3.05) is 0 Å². The molecule has 6 heteroatoms. The van der Waals surface area contributed by atoms with Crippen LogP contribution in [0.4, 0.5) is 0 Å². The van der Waals surface area contributed by atoms with Crippen molar-refractivity contribution in [2.24, 2.45) is 7.05 Å². The number of aryl methyl sites for hydroxylation is 3. The summed E-state index contributed by atoms with van der Waals surface area (Å²) in [5, 5.41) is 0. The number of nitrogens with zero attached hydrogens (tertiary/aromatic N) is 2. The third kappa shape index (κ3) is 4.47. The van der Waals surface area contributed by atoms with Crippen molar-refractivity contribution >= 4 is 10.1 Å². The highest BCUT2D eigenvalue weighted by Crippen LogP contribution is 2.17. The van der Waals surface area contributed by atoms with Crippen LogP contribution >= 0.6 is 0 Å². The Hall–Kier alpha value is -1.66. The van der Waals surface area contributed by atoms with E-state index in [0.29, 0.717) is 5.56 Å². The highest BCUT2D eigenvalue weighted by molar-refractivity contribution is 7.85. The molecule has 0 bridgehead atoms. The van der Waals surface area contributed by atoms with Gasteiger partial charge in [-0.05, 0) is 38.0 Å². The second-order valence-electron chi connectivity index (χ2n) is 4.56. The largest absolute Gasteiger partial charge is 0.744 e. The minimum Gasteiger partial charge on any atom is -0.744 e. The van der Waals surface area contributed by atoms with E-state index >= 15 is 0 Å². The first-order valence-corrected chi connectivity index (χ1v) is 7.69. The molecule has 0 saturated carbocycles. The van der Waals surface area contributed by atoms with Gasteiger partial charge < -0.3 is 4.55 Å². The summed E-state index contributed by atoms with van der Waals surface area (Å²) < 4.78 is 36.1. The lowest BCUT2D eigenvalue weighted by Crippen LogP contribution is -2.23. The molecular formula is C14H20N2O3S. The zero-order valence-electron chi connectivity index (χ0n) is 12.2. The third-order valence-electron chi connectivity index (χ3n) is 3.01. The van der Waals surface area contributed by atoms with Crippen molar-refractivity contribution in [3.63, 3.8) is 0 Å². The molecule has 0 aliphatic rings. The molecule has 1 heterocycles. The fourth-order valence-corrected chi connectivity index (χ4v) is 2.47. The number of hydrogen-bond donors (Lipinski definition) is 0. The monoisotopic (exact) mass is 296 g/mol. The molecule has 0 atom stereocenters. The van der Waals surface area contributed by atoms with Crippen molar-refractivity contribution in [2.45, 2.75) is 32.2 Å². The Morgan fingerprint density at radius 2 is 1.95 bits per heavy atom. The first-order chi connectivity index (χ1) is 9.25. The molecule has 0 unspecified atom stereocenters. The van der Waals surface area contributed by atoms with Crippen LogP contribution in [-0.2, 0) is 23.7 Å². The second kappa shape index (κ2) is 6.67. The van der Waals surface area contributed by atoms with E-state index in [1.54, 1.807) is 26.0 Å². The Labute approximate surface area is 120 Å². The van der Waals surface area contributed by atoms with E-state index in [0.717, 1.165) is 12.1 Å². The highest BCUT2D eigenvalue weighted by Gasteiger charge is 2.05. The average Bonchev–Trinajstić information content (AvgIpc) is 2.78. The lowest BCUT2D eigenvalue weighted by Gasteiger charge is -2.11. The fraction of sp³-hybridized carbons (Fsp3) is 0.357. The molecule has 0 saturated heterocycles. The van der Waals surface area contributed by atoms with E-state index in [4.69, 9.17) is 0 Å². The topological polar surface area (TPSA) is 66.0 Å². The number of rotatable bonds is 2. The van der Waals surface area contributed by atoms with E-state index in [1.807, 2.05) is 17.8 Å². The van der Waals surface area contributed by atoms with Crippen LogP contribution < -0.4 is 4.57 Å². The van der Waals surface area contributed by atoms with Gasteiger partial charge in [-0.15, -0.1) is 0 Å². The van der Waals surface area contributed by atoms with Gasteiger partial charge in [0.05, 0.1) is 18.5 Å². The summed E-state index contributed by atoms with van der Waals surface area (Å²) in [4.78, 5) is -0.123. The van der Waals surface area contributed by atoms with Gasteiger partial charge in [0.2, 0.25) is 6.33 Å². The van der Waals surface area contributed by atoms with E-state index in [1.165, 1.54) is 6.07 Å². The smallest absolute Gasteiger partial charge is 0.243 e. The van der Waals surface area contributed by atoms with Crippen LogP contribution in [0.2, 0.25) is 0 Å². The van der Waals surface area contributed by atoms with Crippen molar-refractivity contribution in [1.82, 2.24) is 4.57 Å². The van der Waals surface area contributed by atoms with Crippen LogP contribution in [0.5, 0.6) is 0 Å². The fourth-order valence-electron chi connectivity index (χ4n) is 1.68. The van der Waals surface area contributed by atoms with Crippen LogP contribution in [0, 0.1) is 13.8 Å². The van der Waals surface area contributed by atoms with Gasteiger partial charge in [0.15, 0.2) is 0 Å². The predicted octanol–water partition coefficient (Wildman–Crippen LogP) is 1.54. The molecule has 2 rings (SSSR count). The van der Waals surface area contributed by atoms with Gasteiger partial charge in [0.1, 0.15) is 22.5 Å². The summed E-state index contributed by atoms with van der Waals surface area (Å²) in [7, 11) is -2.29. The van der Waals surface area contributed by atoms with Gasteiger partial charge in [0.25, 0.3) is 0 Å². The molecule has 0 N–H and O–H groups in total. The molecule has 2 aromatic rings. The zero-order valence-corrected chi connectivity index (χ0v) is 13.0. The summed E-state index contributed by atoms with van der Waals surface area (Å²) in [6.45, 7) is 6.57. The summed E-state index contributed by atoms with van der Waals surface area (Å²) in [5.74, 6) is 0. The van der Waals surface area contributed by atoms with Crippen molar-refractivity contribution in [3.8, 4) is 0 Å². The molecule has 0 fully saturated rings. The van der Waals surface area contributed by atoms with Gasteiger partial charge in [-0.2, -0.15) is 0 Å². The molecule has 5 nitrogen and oxygen atoms in total. The lowest BCUT2D eigenvalue weighted by atomic mass is 10.1. The lowest BCUT2D eigenvalue weighted by molar-refractivity contribution is -0.671. The summed E-state index contributed by atoms with van der Waals surface area (Å²) >= 11 is 0. The maximum Gasteiger partial charge on any atom is 0.243 e. The van der Waals surface area contributed by atoms with Gasteiger partial charge in [0, 0.05) is 0 Å². The van der Waals surface area contributed by atoms with E-state index < -0.39 is 10.1 Å². The molecule has 0 spiro atoms. The maximum atomic E-state index is 10.7. The predicted molar refractivity (Wildman–Crippen MR) is 75.2 cm³/mol. The molecular weight excluding hydrogens is 276 g/mol. The highest BCUT2D eigenvalue weighted by atomic mass is 32.2. The molecule has 1 aromatic heterocycles. The molecule has 0 radical (unpaired) electrons. The number of hydrogen-bond acceptors (Lipinski definition) is 3. The van der Waals surface area contributed by atoms with Gasteiger partial charge in [-0.25, -0.2) is 17.6 Å². The van der Waals surface area contributed by atoms with Gasteiger partial charge in [-0.3, -0.25) is 0 Å². The summed E-state index contributed by atoms with van der Waals surface area (Å²) in [5.41, 5.74) is 1.35. The van der Waals surface area contributed by atoms with Crippen LogP contribution in [0.15, 0.2) is 41.8 Å². The van der Waals surface area contributed by atoms with E-state index in [2.05, 4.69) is 24.0 Å². The molecule has 0 aliphatic carbocycles. The van der Waals surface area contributed by atoms with Crippen molar-refractivity contribution < 1.29 is 17.5 Å². The summed E-state index contributed by atoms with van der Waals surface area (Å²) in [6, 6.07) is 4.65. The molecule has 20 heavy (non-hydrogen) atoms. The van der Waals surface area contributed by atoms with Gasteiger partial charge in [-0.1, -0.05) is 12.1 Å². The Morgan fingerprint density at radius 3 is 2.30 bits per heavy atom. The number of aromatic nitrogens is 2. The Balaban J connectivity index is 0.000000217. The van der Waals surface area contributed by atoms with Crippen LogP contribution in [0.25, 0.3) is 0 Å². The Morgan fingerprint density at radius 1 is 1.30 bits per heavy atom. The zero-order chi connectivity index (χ0) is 15.3. The standard InChI is InChI=1S/C8H10O3S.C6H11N2/c1-6-4-3-5-8(7(6)2)12(9,10)11;1-3-8-5-4-7(2)6-8/h3-5H,1-2H3,(H,9,10,11);4-6H,3H2,1-2H3/q;+1/p-1. The third-order valence-corrected chi connectivity index (χ3v) is 3.99. The molecule has 110 valence electrons. The quantitative estimate of drug-likeness (QED) is 0.623. The SMILES string of the molecule is CCn1cc[n+](C)c1.Cc1cccc(S(=O)(=O)[O-])c1C. The van der Waals surface area contributed by atoms with Crippen LogP contribution in [0.1, 0.15) is 18.1 Å². The Bertz CT molecular complexity index is 675. The van der Waals surface area contributed by atoms with Crippen molar-refractivity contribution in [1.29, 1.82) is 0 Å². The minimum absolute atomic E-state index is 0.123. The van der Waals surface area contributed by atoms with Crippen LogP contribution in [-0.4, -0.2) is 17.5 Å². The second-order valence-corrected chi connectivity index (χ2v) is 5.91. The average molecular weight is 296 g/mol. The number of imidazole rings is 1. The normalized spacial score (nSPS) is 10.8. The van der Waals surface area contributed by atoms with Crippen LogP contribution in [0.3, 0.4) is 0 Å². The minimum atomic E-state index is -4.31. The molecule has 1 aromatic carbocycles. The maximum absolute atomic E-state index is 10.7. The van der Waals surface area contributed by atoms with E-state index in [-0.39, 0.29) is 4.90 Å². The summed E-state index contributed by atoms with van der Waals surface area (Å²) in [6.07, 6.45) is 6.14. The Kier molecular flexibility index (Phi) is 5.47. The number of benzene rings is 1. The molecule has 0 aliphatic heterocycles. The first-order valence-electron chi connectivity index (χ1n) is 6.28. The van der Waals surface area contributed by atoms with E-state index in [9.17, 15) is 13.0 Å². The first kappa shape index (κ1) is 16.4. The van der Waals surface area contributed by atoms with Gasteiger partial charge >= 0.3 is 0 Å².